The Kier molecular flexibility index (Phi) is 5.51. The quantitative estimate of drug-likeness (QED) is 0.138. The predicted octanol–water partition coefficient (Wildman–Crippen LogP) is 12.7. The van der Waals surface area contributed by atoms with Crippen LogP contribution in [-0.4, -0.2) is 27.0 Å². The zero-order valence-electron chi connectivity index (χ0n) is 39.9. The Hall–Kier alpha value is -7.83. The molecule has 0 unspecified atom stereocenters. The highest BCUT2D eigenvalue weighted by Crippen LogP contribution is 2.44. The maximum Gasteiger partial charge on any atom is 0.161 e. The second-order valence-electron chi connectivity index (χ2n) is 13.4. The highest BCUT2D eigenvalue weighted by atomic mass is 16.3. The van der Waals surface area contributed by atoms with Crippen molar-refractivity contribution < 1.29 is 18.1 Å². The molecule has 11 aromatic rings. The molecule has 3 heterocycles. The Bertz CT molecular complexity index is 3990. The largest absolute Gasteiger partial charge is 0.456 e. The van der Waals surface area contributed by atoms with Crippen molar-refractivity contribution in [2.75, 3.05) is 0 Å². The zero-order chi connectivity index (χ0) is 46.6. The highest BCUT2D eigenvalue weighted by molar-refractivity contribution is 6.25. The van der Waals surface area contributed by atoms with Crippen molar-refractivity contribution >= 4 is 83.4 Å². The average molecular weight is 742 g/mol. The number of amidine groups is 2. The fraction of sp³-hybridized carbons (Fsp3) is 0. The molecule has 11 rings (SSSR count). The molecule has 57 heavy (non-hydrogen) atoms. The minimum absolute atomic E-state index is 0.000489. The normalized spacial score (nSPS) is 14.8. The number of rotatable bonds is 5. The van der Waals surface area contributed by atoms with E-state index >= 15 is 0 Å². The van der Waals surface area contributed by atoms with E-state index in [0.717, 1.165) is 5.56 Å². The van der Waals surface area contributed by atoms with E-state index in [4.69, 9.17) is 20.3 Å². The number of nitrogens with one attached hydrogen (secondary N) is 1. The molecule has 0 aliphatic carbocycles. The van der Waals surface area contributed by atoms with Gasteiger partial charge < -0.3 is 13.6 Å². The molecule has 6 nitrogen and oxygen atoms in total. The molecule has 0 amide bonds. The van der Waals surface area contributed by atoms with Crippen LogP contribution in [0.15, 0.2) is 202 Å². The molecule has 0 saturated heterocycles. The molecule has 0 bridgehead atoms. The topological polar surface area (TPSA) is 71.6 Å². The SMILES string of the molecule is [2H]c1c([2H])c([2H])c2c(c1[2H])c1c([2H])c([2H])c3c4c([2H])c([2H])c([2H])c([2H])c4n(-c4cccc5oc6cc(C(N=Cc7ccccc7)=NC(=N)c7ccccc7)ccc6c45)c3c1n2-c1ccccc1. The van der Waals surface area contributed by atoms with Crippen molar-refractivity contribution in [2.24, 2.45) is 9.98 Å². The van der Waals surface area contributed by atoms with Crippen LogP contribution in [0.4, 0.5) is 0 Å². The van der Waals surface area contributed by atoms with Gasteiger partial charge in [0.25, 0.3) is 0 Å². The molecule has 0 aliphatic rings. The maximum absolute atomic E-state index is 9.64. The number of fused-ring (bicyclic) bond motifs is 10. The first-order valence-corrected chi connectivity index (χ1v) is 18.2. The summed E-state index contributed by atoms with van der Waals surface area (Å²) in [5, 5.41) is 10.1. The molecule has 0 radical (unpaired) electrons. The minimum Gasteiger partial charge on any atom is -0.456 e. The van der Waals surface area contributed by atoms with Crippen LogP contribution in [0, 0.1) is 5.41 Å². The maximum atomic E-state index is 9.64. The van der Waals surface area contributed by atoms with Crippen molar-refractivity contribution in [2.45, 2.75) is 0 Å². The Balaban J connectivity index is 1.27. The fourth-order valence-corrected chi connectivity index (χ4v) is 7.63. The lowest BCUT2D eigenvalue weighted by Crippen LogP contribution is -2.04. The highest BCUT2D eigenvalue weighted by Gasteiger charge is 2.23. The summed E-state index contributed by atoms with van der Waals surface area (Å²) in [6.45, 7) is 0. The number of hydrogen-bond acceptors (Lipinski definition) is 2. The summed E-state index contributed by atoms with van der Waals surface area (Å²) in [6.07, 6.45) is 1.67. The standard InChI is InChI=1S/C51H33N5O/c52-50(34-17-6-2-7-18-34)54-51(53-32-33-15-4-1-5-16-33)35-27-28-41-46(31-35)57-45-26-14-25-44(47(41)45)56-43-24-13-11-22-38(43)40-30-29-39-37-21-10-12-23-42(37)55(48(39)49(40)56)36-19-8-3-9-20-36/h1-32,52H/i10D,11D,12D,13D,21D,22D,23D,24D,29D,30D. The molecule has 0 atom stereocenters. The Morgan fingerprint density at radius 2 is 1.19 bits per heavy atom. The number of hydrogen-bond donors (Lipinski definition) is 1. The number of nitrogens with zero attached hydrogens (tertiary/aromatic N) is 4. The van der Waals surface area contributed by atoms with Gasteiger partial charge in [-0.3, -0.25) is 5.41 Å². The molecule has 8 aromatic carbocycles. The van der Waals surface area contributed by atoms with Crippen LogP contribution < -0.4 is 0 Å². The van der Waals surface area contributed by atoms with Gasteiger partial charge in [0.2, 0.25) is 0 Å². The molecule has 6 heteroatoms. The van der Waals surface area contributed by atoms with Crippen LogP contribution in [0.2, 0.25) is 0 Å². The number of benzene rings is 8. The third-order valence-electron chi connectivity index (χ3n) is 10.1. The van der Waals surface area contributed by atoms with Crippen LogP contribution in [0.25, 0.3) is 76.9 Å². The number of aromatic nitrogens is 2. The summed E-state index contributed by atoms with van der Waals surface area (Å²) in [6, 6.07) is 33.8. The average Bonchev–Trinajstić information content (AvgIpc) is 4.04. The lowest BCUT2D eigenvalue weighted by atomic mass is 10.1. The summed E-state index contributed by atoms with van der Waals surface area (Å²) in [4.78, 5) is 9.42. The van der Waals surface area contributed by atoms with Gasteiger partial charge in [-0.1, -0.05) is 139 Å². The number of furan rings is 1. The first-order chi connectivity index (χ1) is 32.4. The third kappa shape index (κ3) is 5.30. The second-order valence-corrected chi connectivity index (χ2v) is 13.4. The lowest BCUT2D eigenvalue weighted by molar-refractivity contribution is 0.668. The van der Waals surface area contributed by atoms with Crippen molar-refractivity contribution in [3.8, 4) is 11.4 Å². The summed E-state index contributed by atoms with van der Waals surface area (Å²) in [5.41, 5.74) is 4.16. The van der Waals surface area contributed by atoms with E-state index in [-0.39, 0.29) is 73.4 Å². The lowest BCUT2D eigenvalue weighted by Gasteiger charge is -2.13. The van der Waals surface area contributed by atoms with Gasteiger partial charge in [0, 0.05) is 50.0 Å². The Morgan fingerprint density at radius 1 is 0.561 bits per heavy atom. The molecular weight excluding hydrogens is 699 g/mol. The number of para-hydroxylation sites is 3. The van der Waals surface area contributed by atoms with Gasteiger partial charge >= 0.3 is 0 Å². The summed E-state index contributed by atoms with van der Waals surface area (Å²) in [7, 11) is 0. The molecule has 0 aliphatic heterocycles. The van der Waals surface area contributed by atoms with Gasteiger partial charge in [-0.2, -0.15) is 0 Å². The molecular formula is C51H33N5O. The smallest absolute Gasteiger partial charge is 0.161 e. The van der Waals surface area contributed by atoms with Gasteiger partial charge in [-0.15, -0.1) is 0 Å². The molecule has 0 fully saturated rings. The molecule has 0 saturated carbocycles. The third-order valence-corrected chi connectivity index (χ3v) is 10.1. The van der Waals surface area contributed by atoms with Crippen LogP contribution in [0.5, 0.6) is 0 Å². The molecule has 3 aromatic heterocycles. The van der Waals surface area contributed by atoms with Crippen molar-refractivity contribution in [1.29, 1.82) is 5.41 Å². The summed E-state index contributed by atoms with van der Waals surface area (Å²) in [5.74, 6) is 0.249. The predicted molar refractivity (Wildman–Crippen MR) is 236 cm³/mol. The van der Waals surface area contributed by atoms with E-state index in [0.29, 0.717) is 44.4 Å². The van der Waals surface area contributed by atoms with Crippen molar-refractivity contribution in [3.05, 3.63) is 205 Å². The van der Waals surface area contributed by atoms with E-state index in [1.54, 1.807) is 82.1 Å². The first kappa shape index (κ1) is 23.8. The second kappa shape index (κ2) is 13.2. The van der Waals surface area contributed by atoms with Crippen molar-refractivity contribution in [3.63, 3.8) is 0 Å². The number of aliphatic imine (C=N–C) groups is 2. The van der Waals surface area contributed by atoms with Crippen LogP contribution in [0.3, 0.4) is 0 Å². The van der Waals surface area contributed by atoms with Gasteiger partial charge in [0.05, 0.1) is 46.8 Å². The van der Waals surface area contributed by atoms with E-state index < -0.39 is 42.3 Å². The van der Waals surface area contributed by atoms with Crippen LogP contribution >= 0.6 is 0 Å². The minimum atomic E-state index is -0.530. The summed E-state index contributed by atoms with van der Waals surface area (Å²) >= 11 is 0. The molecule has 0 spiro atoms. The monoisotopic (exact) mass is 741 g/mol. The fourth-order valence-electron chi connectivity index (χ4n) is 7.63. The van der Waals surface area contributed by atoms with Crippen LogP contribution in [0.1, 0.15) is 30.4 Å². The van der Waals surface area contributed by atoms with E-state index in [2.05, 4.69) is 4.99 Å². The van der Waals surface area contributed by atoms with Gasteiger partial charge in [0.15, 0.2) is 11.7 Å². The molecule has 268 valence electrons. The van der Waals surface area contributed by atoms with E-state index in [1.165, 1.54) is 0 Å². The zero-order valence-corrected chi connectivity index (χ0v) is 29.9. The Labute approximate surface area is 341 Å². The summed E-state index contributed by atoms with van der Waals surface area (Å²) < 4.78 is 101. The van der Waals surface area contributed by atoms with Crippen LogP contribution in [-0.2, 0) is 0 Å². The van der Waals surface area contributed by atoms with Gasteiger partial charge in [-0.25, -0.2) is 9.98 Å². The van der Waals surface area contributed by atoms with E-state index in [9.17, 15) is 8.22 Å². The van der Waals surface area contributed by atoms with Crippen molar-refractivity contribution in [1.82, 2.24) is 9.13 Å². The van der Waals surface area contributed by atoms with E-state index in [1.807, 2.05) is 60.7 Å². The Morgan fingerprint density at radius 3 is 1.91 bits per heavy atom. The first-order valence-electron chi connectivity index (χ1n) is 23.2. The molecule has 1 N–H and O–H groups in total. The van der Waals surface area contributed by atoms with Gasteiger partial charge in [0.1, 0.15) is 11.2 Å². The van der Waals surface area contributed by atoms with Gasteiger partial charge in [-0.05, 0) is 54.0 Å².